The summed E-state index contributed by atoms with van der Waals surface area (Å²) in [5, 5.41) is 8.59. The van der Waals surface area contributed by atoms with E-state index in [2.05, 4.69) is 0 Å². The predicted molar refractivity (Wildman–Crippen MR) is 61.4 cm³/mol. The van der Waals surface area contributed by atoms with Crippen LogP contribution in [0.2, 0.25) is 0 Å². The highest BCUT2D eigenvalue weighted by Crippen LogP contribution is 2.37. The topological polar surface area (TPSA) is 67.5 Å². The summed E-state index contributed by atoms with van der Waals surface area (Å²) in [5.41, 5.74) is -5.24. The van der Waals surface area contributed by atoms with Crippen molar-refractivity contribution < 1.29 is 27.5 Å². The number of alkyl halides is 3. The lowest BCUT2D eigenvalue weighted by Crippen LogP contribution is -2.06. The molecule has 2 aromatic rings. The number of fused-ring (bicyclic) bond motifs is 1. The second-order valence-electron chi connectivity index (χ2n) is 3.49. The molecule has 4 nitrogen and oxygen atoms in total. The van der Waals surface area contributed by atoms with Gasteiger partial charge in [0.2, 0.25) is 5.76 Å². The van der Waals surface area contributed by atoms with Gasteiger partial charge in [0, 0.05) is 11.0 Å². The third-order valence-corrected chi connectivity index (χ3v) is 2.86. The maximum Gasteiger partial charge on any atom is 0.446 e. The van der Waals surface area contributed by atoms with Crippen LogP contribution < -0.4 is 5.43 Å². The third-order valence-electron chi connectivity index (χ3n) is 2.14. The normalized spacial score (nSPS) is 11.7. The van der Waals surface area contributed by atoms with E-state index < -0.39 is 22.7 Å². The first-order chi connectivity index (χ1) is 8.76. The van der Waals surface area contributed by atoms with Gasteiger partial charge < -0.3 is 9.52 Å². The molecule has 0 spiro atoms. The van der Waals surface area contributed by atoms with Crippen molar-refractivity contribution in [1.82, 2.24) is 0 Å². The van der Waals surface area contributed by atoms with E-state index in [-0.39, 0.29) is 27.6 Å². The van der Waals surface area contributed by atoms with Crippen molar-refractivity contribution in [3.05, 3.63) is 40.2 Å². The number of hydrogen-bond acceptors (Lipinski definition) is 4. The van der Waals surface area contributed by atoms with E-state index in [1.807, 2.05) is 0 Å². The van der Waals surface area contributed by atoms with Gasteiger partial charge in [0.05, 0.1) is 5.39 Å². The molecule has 0 aliphatic rings. The van der Waals surface area contributed by atoms with Crippen LogP contribution in [0.1, 0.15) is 10.6 Å². The fourth-order valence-electron chi connectivity index (χ4n) is 1.44. The first kappa shape index (κ1) is 13.5. The van der Waals surface area contributed by atoms with Gasteiger partial charge in [-0.2, -0.15) is 13.2 Å². The van der Waals surface area contributed by atoms with E-state index in [1.165, 1.54) is 0 Å². The minimum atomic E-state index is -4.46. The van der Waals surface area contributed by atoms with Crippen LogP contribution in [0.5, 0.6) is 0 Å². The van der Waals surface area contributed by atoms with Gasteiger partial charge in [-0.3, -0.25) is 4.79 Å². The molecule has 0 fully saturated rings. The zero-order chi connectivity index (χ0) is 14.2. The van der Waals surface area contributed by atoms with Crippen molar-refractivity contribution in [3.63, 3.8) is 0 Å². The molecule has 19 heavy (non-hydrogen) atoms. The summed E-state index contributed by atoms with van der Waals surface area (Å²) < 4.78 is 41.5. The number of aromatic carboxylic acids is 1. The Morgan fingerprint density at radius 3 is 2.53 bits per heavy atom. The van der Waals surface area contributed by atoms with Crippen LogP contribution in [-0.4, -0.2) is 16.6 Å². The lowest BCUT2D eigenvalue weighted by Gasteiger charge is -2.06. The Morgan fingerprint density at radius 2 is 1.95 bits per heavy atom. The van der Waals surface area contributed by atoms with Crippen LogP contribution in [-0.2, 0) is 0 Å². The molecule has 1 heterocycles. The van der Waals surface area contributed by atoms with E-state index in [1.54, 1.807) is 0 Å². The molecule has 1 N–H and O–H groups in total. The molecule has 0 amide bonds. The van der Waals surface area contributed by atoms with Crippen LogP contribution in [0.3, 0.4) is 0 Å². The van der Waals surface area contributed by atoms with E-state index in [9.17, 15) is 22.8 Å². The molecule has 100 valence electrons. The molecular weight excluding hydrogens is 285 g/mol. The van der Waals surface area contributed by atoms with Crippen LogP contribution >= 0.6 is 11.8 Å². The number of hydrogen-bond donors (Lipinski definition) is 1. The number of carbonyl (C=O) groups is 1. The Bertz CT molecular complexity index is 705. The molecule has 0 unspecified atom stereocenters. The zero-order valence-electron chi connectivity index (χ0n) is 9.02. The first-order valence-electron chi connectivity index (χ1n) is 4.83. The average Bonchev–Trinajstić information content (AvgIpc) is 2.27. The van der Waals surface area contributed by atoms with Crippen LogP contribution in [0, 0.1) is 0 Å². The maximum absolute atomic E-state index is 12.2. The summed E-state index contributed by atoms with van der Waals surface area (Å²) in [4.78, 5) is 22.1. The minimum absolute atomic E-state index is 0.0728. The fourth-order valence-corrected chi connectivity index (χ4v) is 2.02. The number of carboxylic acid groups (broad SMARTS) is 1. The number of benzene rings is 1. The van der Waals surface area contributed by atoms with Crippen molar-refractivity contribution in [2.24, 2.45) is 0 Å². The molecular formula is C11H5F3O4S. The molecule has 1 aromatic carbocycles. The fraction of sp³-hybridized carbons (Fsp3) is 0.0909. The summed E-state index contributed by atoms with van der Waals surface area (Å²) in [6.07, 6.45) is 0. The molecule has 2 rings (SSSR count). The highest BCUT2D eigenvalue weighted by atomic mass is 32.2. The van der Waals surface area contributed by atoms with Gasteiger partial charge in [-0.05, 0) is 30.0 Å². The molecule has 0 radical (unpaired) electrons. The predicted octanol–water partition coefficient (Wildman–Crippen LogP) is 3.10. The van der Waals surface area contributed by atoms with E-state index in [4.69, 9.17) is 9.52 Å². The van der Waals surface area contributed by atoms with Gasteiger partial charge in [0.25, 0.3) is 0 Å². The largest absolute Gasteiger partial charge is 0.475 e. The Balaban J connectivity index is 2.56. The van der Waals surface area contributed by atoms with Gasteiger partial charge in [-0.25, -0.2) is 4.79 Å². The monoisotopic (exact) mass is 290 g/mol. The third kappa shape index (κ3) is 3.08. The van der Waals surface area contributed by atoms with Crippen molar-refractivity contribution in [1.29, 1.82) is 0 Å². The van der Waals surface area contributed by atoms with Crippen molar-refractivity contribution in [2.75, 3.05) is 0 Å². The summed E-state index contributed by atoms with van der Waals surface area (Å²) >= 11 is -0.362. The number of rotatable bonds is 2. The van der Waals surface area contributed by atoms with Gasteiger partial charge >= 0.3 is 11.5 Å². The smallest absolute Gasteiger partial charge is 0.446 e. The molecule has 0 aliphatic heterocycles. The quantitative estimate of drug-likeness (QED) is 0.861. The molecule has 0 atom stereocenters. The lowest BCUT2D eigenvalue weighted by atomic mass is 10.2. The van der Waals surface area contributed by atoms with Crippen LogP contribution in [0.25, 0.3) is 11.0 Å². The van der Waals surface area contributed by atoms with Gasteiger partial charge in [-0.1, -0.05) is 0 Å². The first-order valence-corrected chi connectivity index (χ1v) is 5.65. The molecule has 1 aromatic heterocycles. The van der Waals surface area contributed by atoms with Gasteiger partial charge in [-0.15, -0.1) is 0 Å². The summed E-state index contributed by atoms with van der Waals surface area (Å²) in [6, 6.07) is 3.99. The van der Waals surface area contributed by atoms with Crippen molar-refractivity contribution in [2.45, 2.75) is 10.4 Å². The average molecular weight is 290 g/mol. The summed E-state index contributed by atoms with van der Waals surface area (Å²) in [6.45, 7) is 0. The number of thioether (sulfide) groups is 1. The summed E-state index contributed by atoms with van der Waals surface area (Å²) in [7, 11) is 0. The Kier molecular flexibility index (Phi) is 3.27. The Morgan fingerprint density at radius 1 is 1.26 bits per heavy atom. The van der Waals surface area contributed by atoms with Crippen LogP contribution in [0.15, 0.2) is 38.4 Å². The second kappa shape index (κ2) is 4.61. The van der Waals surface area contributed by atoms with Crippen molar-refractivity contribution in [3.8, 4) is 0 Å². The van der Waals surface area contributed by atoms with E-state index >= 15 is 0 Å². The second-order valence-corrected chi connectivity index (χ2v) is 4.62. The SMILES string of the molecule is O=C(O)c1cc(=O)c2cc(SC(F)(F)F)ccc2o1. The molecule has 0 saturated heterocycles. The molecule has 0 saturated carbocycles. The highest BCUT2D eigenvalue weighted by molar-refractivity contribution is 8.00. The van der Waals surface area contributed by atoms with Crippen LogP contribution in [0.4, 0.5) is 13.2 Å². The standard InChI is InChI=1S/C11H5F3O4S/c12-11(13,14)19-5-1-2-8-6(3-5)7(15)4-9(18-8)10(16)17/h1-4H,(H,16,17). The number of carboxylic acids is 1. The van der Waals surface area contributed by atoms with Gasteiger partial charge in [0.15, 0.2) is 5.43 Å². The Labute approximate surface area is 107 Å². The maximum atomic E-state index is 12.2. The van der Waals surface area contributed by atoms with E-state index in [0.717, 1.165) is 24.3 Å². The Hall–Kier alpha value is -1.96. The van der Waals surface area contributed by atoms with E-state index in [0.29, 0.717) is 0 Å². The van der Waals surface area contributed by atoms with Gasteiger partial charge in [0.1, 0.15) is 5.58 Å². The lowest BCUT2D eigenvalue weighted by molar-refractivity contribution is -0.0328. The number of halogens is 3. The zero-order valence-corrected chi connectivity index (χ0v) is 9.84. The minimum Gasteiger partial charge on any atom is -0.475 e. The summed E-state index contributed by atoms with van der Waals surface area (Å²) in [5.74, 6) is -1.98. The van der Waals surface area contributed by atoms with Crippen molar-refractivity contribution >= 4 is 28.7 Å². The highest BCUT2D eigenvalue weighted by Gasteiger charge is 2.29. The molecule has 0 bridgehead atoms. The molecule has 8 heteroatoms. The molecule has 0 aliphatic carbocycles.